The highest BCUT2D eigenvalue weighted by Crippen LogP contribution is 2.35. The highest BCUT2D eigenvalue weighted by atomic mass is 14.2. The Kier molecular flexibility index (Phi) is 8.35. The summed E-state index contributed by atoms with van der Waals surface area (Å²) >= 11 is 0. The molecule has 0 fully saturated rings. The summed E-state index contributed by atoms with van der Waals surface area (Å²) in [5.41, 5.74) is 8.32. The van der Waals surface area contributed by atoms with Crippen LogP contribution in [0.25, 0.3) is 17.2 Å². The van der Waals surface area contributed by atoms with Crippen molar-refractivity contribution in [2.45, 2.75) is 79.1 Å². The van der Waals surface area contributed by atoms with Crippen molar-refractivity contribution in [3.63, 3.8) is 0 Å². The SMILES string of the molecule is C=Cc1c(CCC(C)C)cc(C(CCC)CCC)cc1-c1ccc(C)cc1. The van der Waals surface area contributed by atoms with Crippen LogP contribution in [0.4, 0.5) is 0 Å². The zero-order valence-corrected chi connectivity index (χ0v) is 18.1. The second-order valence-electron chi connectivity index (χ2n) is 8.42. The average molecular weight is 363 g/mol. The van der Waals surface area contributed by atoms with E-state index in [1.165, 1.54) is 65.5 Å². The Morgan fingerprint density at radius 3 is 2.07 bits per heavy atom. The van der Waals surface area contributed by atoms with Crippen molar-refractivity contribution in [2.24, 2.45) is 5.92 Å². The summed E-state index contributed by atoms with van der Waals surface area (Å²) in [4.78, 5) is 0. The van der Waals surface area contributed by atoms with E-state index in [1.54, 1.807) is 0 Å². The molecule has 0 saturated heterocycles. The largest absolute Gasteiger partial charge is 0.0984 e. The Morgan fingerprint density at radius 2 is 1.56 bits per heavy atom. The van der Waals surface area contributed by atoms with E-state index >= 15 is 0 Å². The molecule has 0 aliphatic rings. The Labute approximate surface area is 167 Å². The number of hydrogen-bond donors (Lipinski definition) is 0. The first kappa shape index (κ1) is 21.5. The maximum atomic E-state index is 4.17. The minimum Gasteiger partial charge on any atom is -0.0984 e. The van der Waals surface area contributed by atoms with Crippen molar-refractivity contribution in [3.05, 3.63) is 65.2 Å². The Balaban J connectivity index is 2.60. The average Bonchev–Trinajstić information content (AvgIpc) is 2.66. The van der Waals surface area contributed by atoms with E-state index < -0.39 is 0 Å². The fraction of sp³-hybridized carbons (Fsp3) is 0.481. The van der Waals surface area contributed by atoms with Crippen molar-refractivity contribution < 1.29 is 0 Å². The van der Waals surface area contributed by atoms with Crippen LogP contribution >= 0.6 is 0 Å². The Morgan fingerprint density at radius 1 is 0.926 bits per heavy atom. The van der Waals surface area contributed by atoms with Gasteiger partial charge < -0.3 is 0 Å². The number of hydrogen-bond acceptors (Lipinski definition) is 0. The van der Waals surface area contributed by atoms with Gasteiger partial charge in [0.2, 0.25) is 0 Å². The molecule has 0 nitrogen and oxygen atoms in total. The second kappa shape index (κ2) is 10.5. The summed E-state index contributed by atoms with van der Waals surface area (Å²) in [6.07, 6.45) is 9.48. The Hall–Kier alpha value is -1.82. The molecule has 2 aromatic rings. The third kappa shape index (κ3) is 5.83. The van der Waals surface area contributed by atoms with Crippen LogP contribution in [0.5, 0.6) is 0 Å². The molecule has 0 heteroatoms. The van der Waals surface area contributed by atoms with Crippen LogP contribution in [-0.4, -0.2) is 0 Å². The van der Waals surface area contributed by atoms with Gasteiger partial charge in [0.15, 0.2) is 0 Å². The van der Waals surface area contributed by atoms with Crippen molar-refractivity contribution in [1.82, 2.24) is 0 Å². The quantitative estimate of drug-likeness (QED) is 0.397. The van der Waals surface area contributed by atoms with Gasteiger partial charge in [-0.2, -0.15) is 0 Å². The van der Waals surface area contributed by atoms with Gasteiger partial charge in [0, 0.05) is 0 Å². The minimum absolute atomic E-state index is 0.667. The maximum absolute atomic E-state index is 4.17. The minimum atomic E-state index is 0.667. The summed E-state index contributed by atoms with van der Waals surface area (Å²) in [6, 6.07) is 13.9. The first-order chi connectivity index (χ1) is 13.0. The molecule has 0 spiro atoms. The fourth-order valence-electron chi connectivity index (χ4n) is 4.01. The van der Waals surface area contributed by atoms with Crippen molar-refractivity contribution in [3.8, 4) is 11.1 Å². The van der Waals surface area contributed by atoms with E-state index in [9.17, 15) is 0 Å². The fourth-order valence-corrected chi connectivity index (χ4v) is 4.01. The van der Waals surface area contributed by atoms with Crippen LogP contribution < -0.4 is 0 Å². The zero-order chi connectivity index (χ0) is 19.8. The first-order valence-electron chi connectivity index (χ1n) is 10.9. The lowest BCUT2D eigenvalue weighted by molar-refractivity contribution is 0.558. The van der Waals surface area contributed by atoms with Gasteiger partial charge in [-0.3, -0.25) is 0 Å². The van der Waals surface area contributed by atoms with Gasteiger partial charge in [0.25, 0.3) is 0 Å². The van der Waals surface area contributed by atoms with Gasteiger partial charge in [-0.15, -0.1) is 0 Å². The van der Waals surface area contributed by atoms with E-state index in [0.29, 0.717) is 5.92 Å². The topological polar surface area (TPSA) is 0 Å². The first-order valence-corrected chi connectivity index (χ1v) is 10.9. The van der Waals surface area contributed by atoms with Gasteiger partial charge in [-0.1, -0.05) is 95.2 Å². The van der Waals surface area contributed by atoms with Crippen LogP contribution in [0.3, 0.4) is 0 Å². The summed E-state index contributed by atoms with van der Waals surface area (Å²) < 4.78 is 0. The molecule has 0 radical (unpaired) electrons. The molecule has 0 amide bonds. The highest BCUT2D eigenvalue weighted by molar-refractivity contribution is 5.77. The molecule has 0 atom stereocenters. The van der Waals surface area contributed by atoms with E-state index in [0.717, 1.165) is 12.3 Å². The maximum Gasteiger partial charge on any atom is -0.0106 e. The van der Waals surface area contributed by atoms with Crippen LogP contribution in [0.1, 0.15) is 88.0 Å². The molecule has 0 bridgehead atoms. The highest BCUT2D eigenvalue weighted by Gasteiger charge is 2.16. The number of rotatable bonds is 10. The van der Waals surface area contributed by atoms with Crippen LogP contribution in [0.15, 0.2) is 43.0 Å². The molecule has 2 rings (SSSR count). The predicted octanol–water partition coefficient (Wildman–Crippen LogP) is 8.58. The molecule has 146 valence electrons. The van der Waals surface area contributed by atoms with Crippen molar-refractivity contribution in [1.29, 1.82) is 0 Å². The normalized spacial score (nSPS) is 11.4. The predicted molar refractivity (Wildman–Crippen MR) is 122 cm³/mol. The molecule has 27 heavy (non-hydrogen) atoms. The van der Waals surface area contributed by atoms with E-state index in [1.807, 2.05) is 0 Å². The molecule has 0 saturated carbocycles. The lowest BCUT2D eigenvalue weighted by Crippen LogP contribution is -2.04. The summed E-state index contributed by atoms with van der Waals surface area (Å²) in [6.45, 7) is 15.6. The molecule has 0 heterocycles. The zero-order valence-electron chi connectivity index (χ0n) is 18.1. The summed E-state index contributed by atoms with van der Waals surface area (Å²) in [5, 5.41) is 0. The van der Waals surface area contributed by atoms with E-state index in [4.69, 9.17) is 0 Å². The third-order valence-corrected chi connectivity index (χ3v) is 5.59. The second-order valence-corrected chi connectivity index (χ2v) is 8.42. The third-order valence-electron chi connectivity index (χ3n) is 5.59. The van der Waals surface area contributed by atoms with Crippen molar-refractivity contribution >= 4 is 6.08 Å². The van der Waals surface area contributed by atoms with E-state index in [-0.39, 0.29) is 0 Å². The van der Waals surface area contributed by atoms with Gasteiger partial charge in [-0.25, -0.2) is 0 Å². The van der Waals surface area contributed by atoms with Crippen LogP contribution in [0.2, 0.25) is 0 Å². The van der Waals surface area contributed by atoms with Gasteiger partial charge >= 0.3 is 0 Å². The summed E-state index contributed by atoms with van der Waals surface area (Å²) in [5.74, 6) is 1.39. The molecule has 0 aliphatic heterocycles. The molecule has 0 aliphatic carbocycles. The monoisotopic (exact) mass is 362 g/mol. The molecule has 0 N–H and O–H groups in total. The standard InChI is InChI=1S/C27H38/c1-7-10-22(11-8-2)25-18-24(15-12-20(4)5)26(9-3)27(19-25)23-16-13-21(6)14-17-23/h9,13-14,16-20,22H,3,7-8,10-12,15H2,1-2,4-6H3. The molecular weight excluding hydrogens is 324 g/mol. The molecule has 2 aromatic carbocycles. The number of benzene rings is 2. The summed E-state index contributed by atoms with van der Waals surface area (Å²) in [7, 11) is 0. The molecule has 0 aromatic heterocycles. The number of aryl methyl sites for hydroxylation is 2. The van der Waals surface area contributed by atoms with Gasteiger partial charge in [-0.05, 0) is 72.3 Å². The lowest BCUT2D eigenvalue weighted by atomic mass is 9.83. The molecule has 0 unspecified atom stereocenters. The molecular formula is C27H38. The van der Waals surface area contributed by atoms with Crippen LogP contribution in [-0.2, 0) is 6.42 Å². The van der Waals surface area contributed by atoms with Gasteiger partial charge in [0.1, 0.15) is 0 Å². The van der Waals surface area contributed by atoms with E-state index in [2.05, 4.69) is 83.7 Å². The van der Waals surface area contributed by atoms with Gasteiger partial charge in [0.05, 0.1) is 0 Å². The smallest absolute Gasteiger partial charge is 0.0106 e. The Bertz CT molecular complexity index is 712. The van der Waals surface area contributed by atoms with Crippen LogP contribution in [0, 0.1) is 12.8 Å². The lowest BCUT2D eigenvalue weighted by Gasteiger charge is -2.22. The van der Waals surface area contributed by atoms with Crippen molar-refractivity contribution in [2.75, 3.05) is 0 Å².